The highest BCUT2D eigenvalue weighted by Crippen LogP contribution is 2.23. The summed E-state index contributed by atoms with van der Waals surface area (Å²) in [7, 11) is 1.53. The van der Waals surface area contributed by atoms with Gasteiger partial charge in [-0.25, -0.2) is 4.98 Å². The number of ketones is 1. The van der Waals surface area contributed by atoms with Crippen molar-refractivity contribution >= 4 is 5.78 Å². The lowest BCUT2D eigenvalue weighted by Gasteiger charge is -2.04. The van der Waals surface area contributed by atoms with Gasteiger partial charge in [-0.3, -0.25) is 4.79 Å². The lowest BCUT2D eigenvalue weighted by atomic mass is 10.1. The van der Waals surface area contributed by atoms with Crippen LogP contribution in [0, 0.1) is 0 Å². The second-order valence-corrected chi connectivity index (χ2v) is 4.43. The maximum atomic E-state index is 12.5. The van der Waals surface area contributed by atoms with E-state index in [4.69, 9.17) is 9.15 Å². The molecule has 0 unspecified atom stereocenters. The standard InChI is InChI=1S/C17H13NO3/c1-20-15-10-6-5-9-13(15)16(19)14-11-21-17(18-14)12-7-3-2-4-8-12/h2-11H,1H3. The van der Waals surface area contributed by atoms with Gasteiger partial charge in [0.25, 0.3) is 0 Å². The highest BCUT2D eigenvalue weighted by molar-refractivity contribution is 6.09. The Kier molecular flexibility index (Phi) is 3.51. The Balaban J connectivity index is 1.95. The molecule has 1 heterocycles. The first-order chi connectivity index (χ1) is 10.3. The van der Waals surface area contributed by atoms with Gasteiger partial charge in [-0.1, -0.05) is 30.3 Å². The van der Waals surface area contributed by atoms with Gasteiger partial charge in [0.2, 0.25) is 11.7 Å². The fraction of sp³-hybridized carbons (Fsp3) is 0.0588. The molecule has 0 amide bonds. The van der Waals surface area contributed by atoms with Gasteiger partial charge in [0.1, 0.15) is 12.0 Å². The molecule has 3 aromatic rings. The van der Waals surface area contributed by atoms with Crippen molar-refractivity contribution in [1.29, 1.82) is 0 Å². The van der Waals surface area contributed by atoms with Crippen LogP contribution in [0.1, 0.15) is 16.1 Å². The van der Waals surface area contributed by atoms with Crippen molar-refractivity contribution in [2.75, 3.05) is 7.11 Å². The maximum absolute atomic E-state index is 12.5. The van der Waals surface area contributed by atoms with Gasteiger partial charge in [-0.05, 0) is 24.3 Å². The van der Waals surface area contributed by atoms with E-state index in [9.17, 15) is 4.79 Å². The van der Waals surface area contributed by atoms with E-state index in [0.29, 0.717) is 17.2 Å². The van der Waals surface area contributed by atoms with E-state index in [-0.39, 0.29) is 11.5 Å². The number of oxazole rings is 1. The molecule has 1 aromatic heterocycles. The SMILES string of the molecule is COc1ccccc1C(=O)c1coc(-c2ccccc2)n1. The number of nitrogens with zero attached hydrogens (tertiary/aromatic N) is 1. The summed E-state index contributed by atoms with van der Waals surface area (Å²) in [6.07, 6.45) is 1.37. The van der Waals surface area contributed by atoms with Crippen LogP contribution in [0.15, 0.2) is 65.3 Å². The topological polar surface area (TPSA) is 52.3 Å². The van der Waals surface area contributed by atoms with Crippen LogP contribution in [0.5, 0.6) is 5.75 Å². The monoisotopic (exact) mass is 279 g/mol. The number of carbonyl (C=O) groups excluding carboxylic acids is 1. The smallest absolute Gasteiger partial charge is 0.226 e. The molecule has 0 saturated carbocycles. The average Bonchev–Trinajstić information content (AvgIpc) is 3.05. The zero-order chi connectivity index (χ0) is 14.7. The minimum absolute atomic E-state index is 0.224. The minimum atomic E-state index is -0.224. The van der Waals surface area contributed by atoms with Crippen LogP contribution in [-0.2, 0) is 0 Å². The van der Waals surface area contributed by atoms with Gasteiger partial charge in [0.15, 0.2) is 5.69 Å². The number of hydrogen-bond donors (Lipinski definition) is 0. The molecule has 0 atom stereocenters. The van der Waals surface area contributed by atoms with Gasteiger partial charge in [-0.15, -0.1) is 0 Å². The van der Waals surface area contributed by atoms with Gasteiger partial charge in [0.05, 0.1) is 12.7 Å². The molecule has 0 saturated heterocycles. The summed E-state index contributed by atoms with van der Waals surface area (Å²) >= 11 is 0. The van der Waals surface area contributed by atoms with E-state index in [1.807, 2.05) is 36.4 Å². The molecule has 2 aromatic carbocycles. The average molecular weight is 279 g/mol. The lowest BCUT2D eigenvalue weighted by Crippen LogP contribution is -2.04. The first kappa shape index (κ1) is 13.1. The largest absolute Gasteiger partial charge is 0.496 e. The third kappa shape index (κ3) is 2.56. The Bertz CT molecular complexity index is 762. The van der Waals surface area contributed by atoms with Crippen LogP contribution in [0.4, 0.5) is 0 Å². The molecule has 21 heavy (non-hydrogen) atoms. The van der Waals surface area contributed by atoms with Crippen LogP contribution in [0.3, 0.4) is 0 Å². The molecule has 0 spiro atoms. The van der Waals surface area contributed by atoms with E-state index in [1.165, 1.54) is 13.4 Å². The number of methoxy groups -OCH3 is 1. The van der Waals surface area contributed by atoms with E-state index in [2.05, 4.69) is 4.98 Å². The molecule has 0 aliphatic rings. The summed E-state index contributed by atoms with van der Waals surface area (Å²) in [5, 5.41) is 0. The second kappa shape index (κ2) is 5.63. The zero-order valence-electron chi connectivity index (χ0n) is 11.4. The molecule has 0 aliphatic carbocycles. The third-order valence-electron chi connectivity index (χ3n) is 3.11. The van der Waals surface area contributed by atoms with Crippen LogP contribution in [-0.4, -0.2) is 17.9 Å². The van der Waals surface area contributed by atoms with E-state index >= 15 is 0 Å². The molecule has 104 valence electrons. The number of ether oxygens (including phenoxy) is 1. The molecule has 0 fully saturated rings. The van der Waals surface area contributed by atoms with Gasteiger partial charge < -0.3 is 9.15 Å². The Labute approximate surface area is 122 Å². The quantitative estimate of drug-likeness (QED) is 0.685. The number of para-hydroxylation sites is 1. The van der Waals surface area contributed by atoms with E-state index < -0.39 is 0 Å². The van der Waals surface area contributed by atoms with E-state index in [1.54, 1.807) is 18.2 Å². The van der Waals surface area contributed by atoms with Crippen molar-refractivity contribution in [2.45, 2.75) is 0 Å². The summed E-state index contributed by atoms with van der Waals surface area (Å²) in [6.45, 7) is 0. The maximum Gasteiger partial charge on any atom is 0.226 e. The van der Waals surface area contributed by atoms with Crippen molar-refractivity contribution in [1.82, 2.24) is 4.98 Å². The summed E-state index contributed by atoms with van der Waals surface area (Å²) in [4.78, 5) is 16.7. The Hall–Kier alpha value is -2.88. The predicted molar refractivity (Wildman–Crippen MR) is 78.4 cm³/mol. The first-order valence-corrected chi connectivity index (χ1v) is 6.48. The van der Waals surface area contributed by atoms with Crippen molar-refractivity contribution < 1.29 is 13.9 Å². The van der Waals surface area contributed by atoms with Crippen molar-refractivity contribution in [3.8, 4) is 17.2 Å². The summed E-state index contributed by atoms with van der Waals surface area (Å²) in [5.74, 6) is 0.721. The molecular weight excluding hydrogens is 266 g/mol. The second-order valence-electron chi connectivity index (χ2n) is 4.43. The zero-order valence-corrected chi connectivity index (χ0v) is 11.4. The fourth-order valence-electron chi connectivity index (χ4n) is 2.06. The first-order valence-electron chi connectivity index (χ1n) is 6.48. The number of benzene rings is 2. The number of aromatic nitrogens is 1. The summed E-state index contributed by atoms with van der Waals surface area (Å²) in [5.41, 5.74) is 1.56. The van der Waals surface area contributed by atoms with E-state index in [0.717, 1.165) is 5.56 Å². The highest BCUT2D eigenvalue weighted by atomic mass is 16.5. The van der Waals surface area contributed by atoms with Crippen molar-refractivity contribution in [3.05, 3.63) is 72.1 Å². The summed E-state index contributed by atoms with van der Waals surface area (Å²) in [6, 6.07) is 16.5. The number of hydrogen-bond acceptors (Lipinski definition) is 4. The van der Waals surface area contributed by atoms with Gasteiger partial charge in [0, 0.05) is 5.56 Å². The van der Waals surface area contributed by atoms with Gasteiger partial charge in [-0.2, -0.15) is 0 Å². The Morgan fingerprint density at radius 2 is 1.76 bits per heavy atom. The summed E-state index contributed by atoms with van der Waals surface area (Å²) < 4.78 is 10.6. The molecule has 0 radical (unpaired) electrons. The third-order valence-corrected chi connectivity index (χ3v) is 3.11. The molecule has 3 rings (SSSR count). The molecule has 0 aliphatic heterocycles. The number of carbonyl (C=O) groups is 1. The van der Waals surface area contributed by atoms with Gasteiger partial charge >= 0.3 is 0 Å². The normalized spacial score (nSPS) is 10.3. The van der Waals surface area contributed by atoms with Crippen LogP contribution < -0.4 is 4.74 Å². The number of rotatable bonds is 4. The van der Waals surface area contributed by atoms with Crippen LogP contribution >= 0.6 is 0 Å². The Morgan fingerprint density at radius 1 is 1.05 bits per heavy atom. The molecule has 0 N–H and O–H groups in total. The van der Waals surface area contributed by atoms with Crippen LogP contribution in [0.25, 0.3) is 11.5 Å². The van der Waals surface area contributed by atoms with Crippen molar-refractivity contribution in [2.24, 2.45) is 0 Å². The lowest BCUT2D eigenvalue weighted by molar-refractivity contribution is 0.103. The highest BCUT2D eigenvalue weighted by Gasteiger charge is 2.18. The molecule has 4 heteroatoms. The van der Waals surface area contributed by atoms with Crippen molar-refractivity contribution in [3.63, 3.8) is 0 Å². The minimum Gasteiger partial charge on any atom is -0.496 e. The Morgan fingerprint density at radius 3 is 2.52 bits per heavy atom. The molecular formula is C17H13NO3. The molecule has 0 bridgehead atoms. The molecule has 4 nitrogen and oxygen atoms in total. The predicted octanol–water partition coefficient (Wildman–Crippen LogP) is 3.58. The van der Waals surface area contributed by atoms with Crippen LogP contribution in [0.2, 0.25) is 0 Å². The fourth-order valence-corrected chi connectivity index (χ4v) is 2.06.